The van der Waals surface area contributed by atoms with Crippen LogP contribution in [0.25, 0.3) is 5.69 Å². The van der Waals surface area contributed by atoms with Gasteiger partial charge in [-0.2, -0.15) is 5.10 Å². The lowest BCUT2D eigenvalue weighted by Gasteiger charge is -2.14. The Kier molecular flexibility index (Phi) is 2.73. The van der Waals surface area contributed by atoms with Gasteiger partial charge in [-0.15, -0.1) is 6.42 Å². The van der Waals surface area contributed by atoms with Gasteiger partial charge in [-0.05, 0) is 42.2 Å². The van der Waals surface area contributed by atoms with Crippen LogP contribution in [0.5, 0.6) is 0 Å². The molecule has 1 saturated heterocycles. The van der Waals surface area contributed by atoms with Gasteiger partial charge in [0.05, 0.1) is 11.4 Å². The number of likely N-dealkylation sites (tertiary alicyclic amines) is 1. The van der Waals surface area contributed by atoms with Gasteiger partial charge in [0, 0.05) is 30.8 Å². The molecule has 1 N–H and O–H groups in total. The summed E-state index contributed by atoms with van der Waals surface area (Å²) in [6, 6.07) is 9.72. The highest BCUT2D eigenvalue weighted by atomic mass is 16.4. The molecule has 0 unspecified atom stereocenters. The Morgan fingerprint density at radius 1 is 1.23 bits per heavy atom. The molecule has 1 aromatic heterocycles. The molecule has 4 rings (SSSR count). The van der Waals surface area contributed by atoms with Crippen LogP contribution >= 0.6 is 0 Å². The van der Waals surface area contributed by atoms with Crippen molar-refractivity contribution in [3.05, 3.63) is 47.8 Å². The van der Waals surface area contributed by atoms with Gasteiger partial charge >= 0.3 is 6.09 Å². The summed E-state index contributed by atoms with van der Waals surface area (Å²) in [5.74, 6) is 3.87. The number of nitrogens with zero attached hydrogens (tertiary/aromatic N) is 3. The van der Waals surface area contributed by atoms with E-state index in [1.54, 1.807) is 0 Å². The fraction of sp³-hybridized carbons (Fsp3) is 0.294. The summed E-state index contributed by atoms with van der Waals surface area (Å²) in [6.45, 7) is 1.27. The molecule has 5 heteroatoms. The highest BCUT2D eigenvalue weighted by Gasteiger charge is 2.58. The van der Waals surface area contributed by atoms with Crippen LogP contribution in [0.2, 0.25) is 0 Å². The number of carbonyl (C=O) groups is 1. The molecule has 2 heterocycles. The largest absolute Gasteiger partial charge is 0.465 e. The highest BCUT2D eigenvalue weighted by Crippen LogP contribution is 2.57. The number of rotatable bonds is 2. The molecule has 2 aromatic rings. The number of carboxylic acid groups (broad SMARTS) is 1. The van der Waals surface area contributed by atoms with E-state index in [1.165, 1.54) is 4.90 Å². The van der Waals surface area contributed by atoms with Crippen molar-refractivity contribution in [3.63, 3.8) is 0 Å². The lowest BCUT2D eigenvalue weighted by atomic mass is 10.2. The molecule has 5 nitrogen and oxygen atoms in total. The number of aromatic nitrogens is 2. The molecule has 1 aliphatic carbocycles. The minimum absolute atomic E-state index is 0.404. The SMILES string of the molecule is C#Cc1ccc(-n2ccc([C@H]3[C@@H]4CN(C(=O)O)C[C@@H]43)n2)cc1. The van der Waals surface area contributed by atoms with E-state index < -0.39 is 6.09 Å². The summed E-state index contributed by atoms with van der Waals surface area (Å²) in [5.41, 5.74) is 2.88. The fourth-order valence-electron chi connectivity index (χ4n) is 3.49. The molecular formula is C17H15N3O2. The van der Waals surface area contributed by atoms with Crippen LogP contribution in [0.1, 0.15) is 17.2 Å². The second-order valence-electron chi connectivity index (χ2n) is 5.92. The van der Waals surface area contributed by atoms with E-state index in [2.05, 4.69) is 11.0 Å². The summed E-state index contributed by atoms with van der Waals surface area (Å²) in [7, 11) is 0. The lowest BCUT2D eigenvalue weighted by molar-refractivity contribution is 0.150. The Morgan fingerprint density at radius 2 is 1.91 bits per heavy atom. The van der Waals surface area contributed by atoms with Crippen LogP contribution in [0.4, 0.5) is 4.79 Å². The third kappa shape index (κ3) is 1.96. The maximum absolute atomic E-state index is 10.9. The quantitative estimate of drug-likeness (QED) is 0.863. The predicted molar refractivity (Wildman–Crippen MR) is 80.8 cm³/mol. The number of benzene rings is 1. The van der Waals surface area contributed by atoms with Crippen LogP contribution in [-0.2, 0) is 0 Å². The van der Waals surface area contributed by atoms with Crippen LogP contribution in [0.15, 0.2) is 36.5 Å². The minimum Gasteiger partial charge on any atom is -0.465 e. The molecule has 0 radical (unpaired) electrons. The maximum atomic E-state index is 10.9. The Labute approximate surface area is 128 Å². The summed E-state index contributed by atoms with van der Waals surface area (Å²) in [4.78, 5) is 12.4. The average Bonchev–Trinajstić information content (AvgIpc) is 2.95. The molecule has 2 fully saturated rings. The predicted octanol–water partition coefficient (Wildman–Crippen LogP) is 2.18. The van der Waals surface area contributed by atoms with E-state index in [9.17, 15) is 4.79 Å². The standard InChI is InChI=1S/C17H15N3O2/c1-2-11-3-5-12(6-4-11)20-8-7-15(18-20)16-13-9-19(17(21)22)10-14(13)16/h1,3-8,13-14,16H,9-10H2,(H,21,22)/t13-,14+,16+. The molecule has 1 saturated carbocycles. The molecular weight excluding hydrogens is 278 g/mol. The van der Waals surface area contributed by atoms with E-state index in [0.717, 1.165) is 16.9 Å². The number of hydrogen-bond acceptors (Lipinski definition) is 2. The molecule has 3 atom stereocenters. The molecule has 22 heavy (non-hydrogen) atoms. The Hall–Kier alpha value is -2.74. The normalized spacial score (nSPS) is 25.6. The Bertz CT molecular complexity index is 760. The van der Waals surface area contributed by atoms with E-state index in [-0.39, 0.29) is 0 Å². The van der Waals surface area contributed by atoms with E-state index >= 15 is 0 Å². The number of terminal acetylenes is 1. The molecule has 110 valence electrons. The summed E-state index contributed by atoms with van der Waals surface area (Å²) in [5, 5.41) is 13.6. The van der Waals surface area contributed by atoms with Crippen molar-refractivity contribution in [1.29, 1.82) is 0 Å². The molecule has 2 aliphatic rings. The second-order valence-corrected chi connectivity index (χ2v) is 5.92. The molecule has 1 amide bonds. The zero-order chi connectivity index (χ0) is 15.3. The van der Waals surface area contributed by atoms with E-state index in [1.807, 2.05) is 41.2 Å². The first-order valence-corrected chi connectivity index (χ1v) is 7.28. The van der Waals surface area contributed by atoms with E-state index in [0.29, 0.717) is 30.8 Å². The topological polar surface area (TPSA) is 58.4 Å². The molecule has 0 spiro atoms. The third-order valence-electron chi connectivity index (χ3n) is 4.71. The first-order chi connectivity index (χ1) is 10.7. The summed E-state index contributed by atoms with van der Waals surface area (Å²) < 4.78 is 1.85. The van der Waals surface area contributed by atoms with Crippen LogP contribution in [0, 0.1) is 24.2 Å². The van der Waals surface area contributed by atoms with Gasteiger partial charge in [-0.3, -0.25) is 0 Å². The Balaban J connectivity index is 1.49. The van der Waals surface area contributed by atoms with Crippen molar-refractivity contribution in [2.75, 3.05) is 13.1 Å². The number of piperidine rings is 1. The summed E-state index contributed by atoms with van der Waals surface area (Å²) in [6.07, 6.45) is 6.49. The number of hydrogen-bond donors (Lipinski definition) is 1. The van der Waals surface area contributed by atoms with Crippen molar-refractivity contribution in [2.45, 2.75) is 5.92 Å². The fourth-order valence-corrected chi connectivity index (χ4v) is 3.49. The maximum Gasteiger partial charge on any atom is 0.407 e. The number of amides is 1. The number of fused-ring (bicyclic) bond motifs is 1. The van der Waals surface area contributed by atoms with Crippen molar-refractivity contribution in [3.8, 4) is 18.0 Å². The second kappa shape index (κ2) is 4.63. The average molecular weight is 293 g/mol. The van der Waals surface area contributed by atoms with Crippen LogP contribution in [0.3, 0.4) is 0 Å². The molecule has 1 aliphatic heterocycles. The highest BCUT2D eigenvalue weighted by molar-refractivity contribution is 5.66. The van der Waals surface area contributed by atoms with Gasteiger partial charge in [0.15, 0.2) is 0 Å². The zero-order valence-corrected chi connectivity index (χ0v) is 11.9. The van der Waals surface area contributed by atoms with Gasteiger partial charge in [0.2, 0.25) is 0 Å². The van der Waals surface area contributed by atoms with Gasteiger partial charge in [0.25, 0.3) is 0 Å². The first-order valence-electron chi connectivity index (χ1n) is 7.28. The van der Waals surface area contributed by atoms with Crippen molar-refractivity contribution in [2.24, 2.45) is 11.8 Å². The van der Waals surface area contributed by atoms with Crippen molar-refractivity contribution in [1.82, 2.24) is 14.7 Å². The lowest BCUT2D eigenvalue weighted by Crippen LogP contribution is -2.29. The molecule has 1 aromatic carbocycles. The monoisotopic (exact) mass is 293 g/mol. The van der Waals surface area contributed by atoms with Gasteiger partial charge < -0.3 is 10.0 Å². The van der Waals surface area contributed by atoms with Crippen molar-refractivity contribution >= 4 is 6.09 Å². The Morgan fingerprint density at radius 3 is 2.50 bits per heavy atom. The zero-order valence-electron chi connectivity index (χ0n) is 11.9. The van der Waals surface area contributed by atoms with E-state index in [4.69, 9.17) is 11.5 Å². The van der Waals surface area contributed by atoms with Crippen LogP contribution < -0.4 is 0 Å². The minimum atomic E-state index is -0.815. The first kappa shape index (κ1) is 13.0. The summed E-state index contributed by atoms with van der Waals surface area (Å²) >= 11 is 0. The van der Waals surface area contributed by atoms with Gasteiger partial charge in [0.1, 0.15) is 0 Å². The van der Waals surface area contributed by atoms with Crippen molar-refractivity contribution < 1.29 is 9.90 Å². The van der Waals surface area contributed by atoms with Crippen LogP contribution in [-0.4, -0.2) is 39.0 Å². The van der Waals surface area contributed by atoms with Gasteiger partial charge in [-0.25, -0.2) is 9.48 Å². The van der Waals surface area contributed by atoms with Gasteiger partial charge in [-0.1, -0.05) is 5.92 Å². The smallest absolute Gasteiger partial charge is 0.407 e. The third-order valence-corrected chi connectivity index (χ3v) is 4.71. The molecule has 0 bridgehead atoms.